The van der Waals surface area contributed by atoms with Gasteiger partial charge in [-0.25, -0.2) is 18.0 Å². The lowest BCUT2D eigenvalue weighted by molar-refractivity contribution is -0.132. The van der Waals surface area contributed by atoms with E-state index in [0.717, 1.165) is 18.9 Å². The number of carbonyl (C=O) groups is 1. The molecule has 3 aromatic carbocycles. The van der Waals surface area contributed by atoms with Gasteiger partial charge in [-0.2, -0.15) is 0 Å². The molecule has 3 aromatic rings. The monoisotopic (exact) mass is 622 g/mol. The fourth-order valence-electron chi connectivity index (χ4n) is 5.95. The van der Waals surface area contributed by atoms with Gasteiger partial charge in [0.05, 0.1) is 23.3 Å². The summed E-state index contributed by atoms with van der Waals surface area (Å²) in [6.07, 6.45) is 7.07. The van der Waals surface area contributed by atoms with Gasteiger partial charge in [0.15, 0.2) is 11.6 Å². The van der Waals surface area contributed by atoms with Crippen molar-refractivity contribution in [1.29, 1.82) is 0 Å². The number of rotatable bonds is 9. The third kappa shape index (κ3) is 5.99. The van der Waals surface area contributed by atoms with E-state index in [9.17, 15) is 18.7 Å². The van der Waals surface area contributed by atoms with Crippen LogP contribution in [0.5, 0.6) is 5.75 Å². The molecule has 0 aromatic heterocycles. The van der Waals surface area contributed by atoms with Crippen LogP contribution in [0, 0.1) is 17.5 Å². The zero-order valence-electron chi connectivity index (χ0n) is 23.9. The van der Waals surface area contributed by atoms with Crippen molar-refractivity contribution in [2.75, 3.05) is 13.2 Å². The predicted octanol–water partition coefficient (Wildman–Crippen LogP) is 7.15. The Hall–Kier alpha value is -4.08. The quantitative estimate of drug-likeness (QED) is 0.275. The summed E-state index contributed by atoms with van der Waals surface area (Å²) in [6.45, 7) is 2.93. The second-order valence-electron chi connectivity index (χ2n) is 11.4. The number of carboxylic acids is 1. The molecule has 1 N–H and O–H groups in total. The van der Waals surface area contributed by atoms with Crippen LogP contribution in [0.3, 0.4) is 0 Å². The average molecular weight is 623 g/mol. The number of hydrogen-bond donors (Lipinski definition) is 1. The van der Waals surface area contributed by atoms with Crippen molar-refractivity contribution in [3.05, 3.63) is 112 Å². The molecule has 6 rings (SSSR count). The zero-order chi connectivity index (χ0) is 31.0. The molecule has 0 bridgehead atoms. The fourth-order valence-corrected chi connectivity index (χ4v) is 6.11. The molecule has 0 saturated carbocycles. The third-order valence-electron chi connectivity index (χ3n) is 8.41. The maximum Gasteiger partial charge on any atom is 0.335 e. The Labute approximate surface area is 258 Å². The van der Waals surface area contributed by atoms with E-state index in [1.54, 1.807) is 30.4 Å². The molecule has 10 heteroatoms. The van der Waals surface area contributed by atoms with Crippen LogP contribution in [0.15, 0.2) is 83.4 Å². The lowest BCUT2D eigenvalue weighted by atomic mass is 9.84. The topological polar surface area (TPSA) is 71.4 Å². The van der Waals surface area contributed by atoms with Crippen LogP contribution < -0.4 is 4.74 Å². The van der Waals surface area contributed by atoms with Gasteiger partial charge < -0.3 is 19.5 Å². The molecule has 1 aliphatic carbocycles. The molecule has 1 saturated heterocycles. The highest BCUT2D eigenvalue weighted by atomic mass is 35.5. The Kier molecular flexibility index (Phi) is 8.26. The van der Waals surface area contributed by atoms with Gasteiger partial charge in [0.25, 0.3) is 0 Å². The van der Waals surface area contributed by atoms with E-state index in [0.29, 0.717) is 35.7 Å². The molecular formula is C34H30ClF3N2O4. The van der Waals surface area contributed by atoms with Crippen molar-refractivity contribution >= 4 is 23.4 Å². The van der Waals surface area contributed by atoms with Crippen LogP contribution in [0.1, 0.15) is 30.9 Å². The van der Waals surface area contributed by atoms with Crippen LogP contribution in [0.2, 0.25) is 5.02 Å². The van der Waals surface area contributed by atoms with Crippen LogP contribution in [0.25, 0.3) is 11.1 Å². The van der Waals surface area contributed by atoms with E-state index >= 15 is 4.39 Å². The van der Waals surface area contributed by atoms with E-state index in [1.165, 1.54) is 36.4 Å². The molecule has 44 heavy (non-hydrogen) atoms. The number of hydrogen-bond acceptors (Lipinski definition) is 5. The van der Waals surface area contributed by atoms with E-state index < -0.39 is 29.0 Å². The van der Waals surface area contributed by atoms with E-state index in [-0.39, 0.29) is 47.1 Å². The predicted molar refractivity (Wildman–Crippen MR) is 161 cm³/mol. The van der Waals surface area contributed by atoms with E-state index in [1.807, 2.05) is 6.92 Å². The molecule has 2 heterocycles. The number of benzene rings is 3. The largest absolute Gasteiger partial charge is 0.486 e. The van der Waals surface area contributed by atoms with Crippen molar-refractivity contribution in [2.24, 2.45) is 4.99 Å². The fraction of sp³-hybridized carbons (Fsp3) is 0.294. The van der Waals surface area contributed by atoms with Crippen molar-refractivity contribution in [1.82, 2.24) is 4.90 Å². The second kappa shape index (κ2) is 12.1. The minimum Gasteiger partial charge on any atom is -0.486 e. The summed E-state index contributed by atoms with van der Waals surface area (Å²) in [5, 5.41) is 9.88. The highest BCUT2D eigenvalue weighted by Gasteiger charge is 2.47. The number of aliphatic carboxylic acids is 1. The number of carboxylic acid groups (broad SMARTS) is 1. The molecule has 6 nitrogen and oxygen atoms in total. The number of amidine groups is 1. The van der Waals surface area contributed by atoms with Crippen molar-refractivity contribution < 1.29 is 32.5 Å². The third-order valence-corrected chi connectivity index (χ3v) is 8.64. The molecule has 3 atom stereocenters. The van der Waals surface area contributed by atoms with Crippen LogP contribution in [-0.4, -0.2) is 52.6 Å². The van der Waals surface area contributed by atoms with Crippen LogP contribution in [0.4, 0.5) is 13.2 Å². The summed E-state index contributed by atoms with van der Waals surface area (Å²) < 4.78 is 55.8. The summed E-state index contributed by atoms with van der Waals surface area (Å²) in [4.78, 5) is 18.7. The first-order valence-electron chi connectivity index (χ1n) is 14.4. The lowest BCUT2D eigenvalue weighted by Gasteiger charge is -2.40. The van der Waals surface area contributed by atoms with Crippen molar-refractivity contribution in [3.8, 4) is 16.9 Å². The van der Waals surface area contributed by atoms with E-state index in [4.69, 9.17) is 26.1 Å². The normalized spacial score (nSPS) is 22.5. The van der Waals surface area contributed by atoms with Gasteiger partial charge in [-0.15, -0.1) is 0 Å². The molecule has 0 spiro atoms. The zero-order valence-corrected chi connectivity index (χ0v) is 24.7. The molecule has 1 fully saturated rings. The minimum atomic E-state index is -1.01. The molecule has 0 radical (unpaired) electrons. The molecule has 2 aliphatic heterocycles. The van der Waals surface area contributed by atoms with Gasteiger partial charge in [-0.3, -0.25) is 4.99 Å². The highest BCUT2D eigenvalue weighted by molar-refractivity contribution is 6.30. The first-order chi connectivity index (χ1) is 21.1. The lowest BCUT2D eigenvalue weighted by Crippen LogP contribution is -2.53. The number of fused-ring (bicyclic) bond motifs is 1. The summed E-state index contributed by atoms with van der Waals surface area (Å²) in [6, 6.07) is 12.8. The maximum atomic E-state index is 15.6. The smallest absolute Gasteiger partial charge is 0.335 e. The highest BCUT2D eigenvalue weighted by Crippen LogP contribution is 2.38. The second-order valence-corrected chi connectivity index (χ2v) is 11.8. The first kappa shape index (κ1) is 30.0. The molecule has 228 valence electrons. The number of aliphatic imine (C=N–C) groups is 1. The van der Waals surface area contributed by atoms with E-state index in [2.05, 4.69) is 4.90 Å². The van der Waals surface area contributed by atoms with Gasteiger partial charge in [0.2, 0.25) is 0 Å². The van der Waals surface area contributed by atoms with Gasteiger partial charge in [0, 0.05) is 30.2 Å². The molecular weight excluding hydrogens is 593 g/mol. The first-order valence-corrected chi connectivity index (χ1v) is 14.7. The van der Waals surface area contributed by atoms with Crippen LogP contribution >= 0.6 is 11.6 Å². The number of halogens is 4. The Morgan fingerprint density at radius 1 is 1.07 bits per heavy atom. The van der Waals surface area contributed by atoms with Gasteiger partial charge in [0.1, 0.15) is 24.1 Å². The molecule has 0 amide bonds. The maximum absolute atomic E-state index is 15.6. The molecule has 3 aliphatic rings. The van der Waals surface area contributed by atoms with Gasteiger partial charge in [-0.1, -0.05) is 41.9 Å². The summed E-state index contributed by atoms with van der Waals surface area (Å²) in [5.74, 6) is -2.11. The summed E-state index contributed by atoms with van der Waals surface area (Å²) in [7, 11) is 0. The summed E-state index contributed by atoms with van der Waals surface area (Å²) in [5.41, 5.74) is 1.13. The standard InChI is InChI=1S/C34H30ClF3N2O4/c1-34-17-23(33(41)42)8-11-31(34)39-32(40(34)18-26-3-2-12-43-26)15-22-5-4-20(13-28(22)37)21-7-10-27(36)30(14-21)44-19-24-6-9-25(35)16-29(24)38/h4-11,13-14,16-17,26,31H,2-3,12,15,18-19H2,1H3,(H,41,42). The summed E-state index contributed by atoms with van der Waals surface area (Å²) >= 11 is 5.80. The Morgan fingerprint density at radius 2 is 1.82 bits per heavy atom. The van der Waals surface area contributed by atoms with Crippen LogP contribution in [-0.2, 0) is 22.6 Å². The Morgan fingerprint density at radius 3 is 2.55 bits per heavy atom. The average Bonchev–Trinajstić information content (AvgIpc) is 3.60. The number of nitrogens with zero attached hydrogens (tertiary/aromatic N) is 2. The van der Waals surface area contributed by atoms with Crippen molar-refractivity contribution in [3.63, 3.8) is 0 Å². The molecule has 3 unspecified atom stereocenters. The Balaban J connectivity index is 1.23. The number of ether oxygens (including phenoxy) is 2. The Bertz CT molecular complexity index is 1700. The van der Waals surface area contributed by atoms with Gasteiger partial charge in [-0.05, 0) is 78.9 Å². The SMILES string of the molecule is CC12C=C(C(=O)O)C=CC1N=C(Cc1ccc(-c3ccc(F)c(OCc4ccc(Cl)cc4F)c3)cc1F)N2CC1CCCO1. The van der Waals surface area contributed by atoms with Gasteiger partial charge >= 0.3 is 5.97 Å². The van der Waals surface area contributed by atoms with Crippen molar-refractivity contribution in [2.45, 2.75) is 50.5 Å². The minimum absolute atomic E-state index is 0.0262.